The SMILES string of the molecule is OCc1ccc(-c2sc3cc(O)ccc3c2Oc2ccc(OCCN3CCCCC3)cc2)cc1. The monoisotopic (exact) mass is 475 g/mol. The molecule has 5 nitrogen and oxygen atoms in total. The van der Waals surface area contributed by atoms with E-state index in [0.717, 1.165) is 49.9 Å². The van der Waals surface area contributed by atoms with Gasteiger partial charge in [0.1, 0.15) is 23.9 Å². The van der Waals surface area contributed by atoms with Crippen molar-refractivity contribution in [2.45, 2.75) is 25.9 Å². The van der Waals surface area contributed by atoms with E-state index in [1.54, 1.807) is 23.5 Å². The number of benzene rings is 3. The molecule has 0 radical (unpaired) electrons. The van der Waals surface area contributed by atoms with Crippen LogP contribution in [0.25, 0.3) is 20.5 Å². The van der Waals surface area contributed by atoms with Crippen LogP contribution in [0.5, 0.6) is 23.0 Å². The molecule has 5 rings (SSSR count). The van der Waals surface area contributed by atoms with E-state index < -0.39 is 0 Å². The quantitative estimate of drug-likeness (QED) is 0.308. The molecule has 0 aliphatic carbocycles. The summed E-state index contributed by atoms with van der Waals surface area (Å²) >= 11 is 1.57. The molecule has 4 aromatic rings. The first-order chi connectivity index (χ1) is 16.7. The standard InChI is InChI=1S/C28H29NO4S/c30-19-20-4-6-21(7-5-20)28-27(25-13-8-22(31)18-26(25)34-28)33-24-11-9-23(10-12-24)32-17-16-29-14-2-1-3-15-29/h4-13,18,30-31H,1-3,14-17,19H2. The molecule has 1 fully saturated rings. The number of aliphatic hydroxyl groups is 1. The number of phenolic OH excluding ortho intramolecular Hbond substituents is 1. The minimum absolute atomic E-state index is 0.0103. The first-order valence-electron chi connectivity index (χ1n) is 11.8. The van der Waals surface area contributed by atoms with Crippen LogP contribution >= 0.6 is 11.3 Å². The molecule has 1 saturated heterocycles. The molecule has 0 unspecified atom stereocenters. The van der Waals surface area contributed by atoms with E-state index in [0.29, 0.717) is 6.61 Å². The van der Waals surface area contributed by atoms with E-state index in [1.165, 1.54) is 32.4 Å². The maximum absolute atomic E-state index is 9.96. The van der Waals surface area contributed by atoms with E-state index in [1.807, 2.05) is 54.6 Å². The average molecular weight is 476 g/mol. The van der Waals surface area contributed by atoms with Crippen molar-refractivity contribution in [3.8, 4) is 33.4 Å². The van der Waals surface area contributed by atoms with Crippen molar-refractivity contribution < 1.29 is 19.7 Å². The Labute approximate surface area is 203 Å². The highest BCUT2D eigenvalue weighted by Crippen LogP contribution is 2.47. The molecule has 0 bridgehead atoms. The molecular formula is C28H29NO4S. The van der Waals surface area contributed by atoms with Crippen LogP contribution in [0.4, 0.5) is 0 Å². The number of likely N-dealkylation sites (tertiary alicyclic amines) is 1. The summed E-state index contributed by atoms with van der Waals surface area (Å²) in [6, 6.07) is 20.9. The average Bonchev–Trinajstić information content (AvgIpc) is 3.23. The van der Waals surface area contributed by atoms with Crippen LogP contribution in [0.2, 0.25) is 0 Å². The van der Waals surface area contributed by atoms with E-state index in [4.69, 9.17) is 9.47 Å². The number of hydrogen-bond donors (Lipinski definition) is 2. The van der Waals surface area contributed by atoms with Gasteiger partial charge in [-0.15, -0.1) is 11.3 Å². The van der Waals surface area contributed by atoms with Gasteiger partial charge in [0.25, 0.3) is 0 Å². The normalized spacial score (nSPS) is 14.4. The fraction of sp³-hybridized carbons (Fsp3) is 0.286. The number of piperidine rings is 1. The van der Waals surface area contributed by atoms with Crippen LogP contribution in [0, 0.1) is 0 Å². The van der Waals surface area contributed by atoms with Gasteiger partial charge in [0.15, 0.2) is 5.75 Å². The third-order valence-electron chi connectivity index (χ3n) is 6.20. The Morgan fingerprint density at radius 1 is 0.853 bits per heavy atom. The summed E-state index contributed by atoms with van der Waals surface area (Å²) in [4.78, 5) is 3.45. The van der Waals surface area contributed by atoms with Crippen molar-refractivity contribution in [1.29, 1.82) is 0 Å². The number of phenols is 1. The molecular weight excluding hydrogens is 446 g/mol. The van der Waals surface area contributed by atoms with Crippen LogP contribution in [0.3, 0.4) is 0 Å². The van der Waals surface area contributed by atoms with Crippen LogP contribution in [0.15, 0.2) is 66.7 Å². The Kier molecular flexibility index (Phi) is 7.00. The Bertz CT molecular complexity index is 1230. The number of hydrogen-bond acceptors (Lipinski definition) is 6. The highest BCUT2D eigenvalue weighted by Gasteiger charge is 2.17. The second-order valence-electron chi connectivity index (χ2n) is 8.62. The molecule has 1 aliphatic heterocycles. The minimum Gasteiger partial charge on any atom is -0.508 e. The van der Waals surface area contributed by atoms with E-state index in [2.05, 4.69) is 4.90 Å². The fourth-order valence-electron chi connectivity index (χ4n) is 4.31. The van der Waals surface area contributed by atoms with Gasteiger partial charge in [-0.1, -0.05) is 30.7 Å². The number of thiophene rings is 1. The van der Waals surface area contributed by atoms with Gasteiger partial charge in [-0.25, -0.2) is 0 Å². The molecule has 1 aromatic heterocycles. The predicted octanol–water partition coefficient (Wildman–Crippen LogP) is 6.42. The minimum atomic E-state index is 0.0103. The van der Waals surface area contributed by atoms with Crippen molar-refractivity contribution in [2.75, 3.05) is 26.2 Å². The van der Waals surface area contributed by atoms with Gasteiger partial charge >= 0.3 is 0 Å². The first-order valence-corrected chi connectivity index (χ1v) is 12.6. The number of aromatic hydroxyl groups is 1. The lowest BCUT2D eigenvalue weighted by molar-refractivity contribution is 0.183. The molecule has 3 aromatic carbocycles. The lowest BCUT2D eigenvalue weighted by Crippen LogP contribution is -2.33. The second kappa shape index (κ2) is 10.5. The van der Waals surface area contributed by atoms with Crippen molar-refractivity contribution >= 4 is 21.4 Å². The zero-order valence-corrected chi connectivity index (χ0v) is 19.9. The van der Waals surface area contributed by atoms with Crippen LogP contribution in [-0.4, -0.2) is 41.4 Å². The van der Waals surface area contributed by atoms with Crippen LogP contribution < -0.4 is 9.47 Å². The smallest absolute Gasteiger partial charge is 0.153 e. The highest BCUT2D eigenvalue weighted by molar-refractivity contribution is 7.22. The Hall–Kier alpha value is -3.06. The molecule has 0 amide bonds. The molecule has 34 heavy (non-hydrogen) atoms. The lowest BCUT2D eigenvalue weighted by Gasteiger charge is -2.26. The predicted molar refractivity (Wildman–Crippen MR) is 137 cm³/mol. The maximum Gasteiger partial charge on any atom is 0.153 e. The highest BCUT2D eigenvalue weighted by atomic mass is 32.1. The van der Waals surface area contributed by atoms with E-state index in [9.17, 15) is 10.2 Å². The Morgan fingerprint density at radius 2 is 1.59 bits per heavy atom. The van der Waals surface area contributed by atoms with Crippen LogP contribution in [0.1, 0.15) is 24.8 Å². The van der Waals surface area contributed by atoms with Gasteiger partial charge < -0.3 is 19.7 Å². The largest absolute Gasteiger partial charge is 0.508 e. The topological polar surface area (TPSA) is 62.2 Å². The molecule has 0 saturated carbocycles. The van der Waals surface area contributed by atoms with E-state index in [-0.39, 0.29) is 12.4 Å². The number of ether oxygens (including phenoxy) is 2. The summed E-state index contributed by atoms with van der Waals surface area (Å²) in [6.45, 7) is 4.01. The summed E-state index contributed by atoms with van der Waals surface area (Å²) in [7, 11) is 0. The zero-order chi connectivity index (χ0) is 23.3. The third-order valence-corrected chi connectivity index (χ3v) is 7.38. The lowest BCUT2D eigenvalue weighted by atomic mass is 10.1. The molecule has 1 aliphatic rings. The second-order valence-corrected chi connectivity index (χ2v) is 9.67. The Morgan fingerprint density at radius 3 is 2.32 bits per heavy atom. The number of rotatable bonds is 8. The fourth-order valence-corrected chi connectivity index (χ4v) is 5.48. The molecule has 0 spiro atoms. The van der Waals surface area contributed by atoms with Crippen molar-refractivity contribution in [3.63, 3.8) is 0 Å². The maximum atomic E-state index is 9.96. The zero-order valence-electron chi connectivity index (χ0n) is 19.1. The third kappa shape index (κ3) is 5.20. The molecule has 6 heteroatoms. The van der Waals surface area contributed by atoms with Crippen molar-refractivity contribution in [3.05, 3.63) is 72.3 Å². The Balaban J connectivity index is 1.34. The summed E-state index contributed by atoms with van der Waals surface area (Å²) in [5, 5.41) is 20.3. The van der Waals surface area contributed by atoms with E-state index >= 15 is 0 Å². The molecule has 2 heterocycles. The van der Waals surface area contributed by atoms with Gasteiger partial charge in [0, 0.05) is 16.6 Å². The van der Waals surface area contributed by atoms with Gasteiger partial charge in [-0.3, -0.25) is 4.90 Å². The molecule has 0 atom stereocenters. The van der Waals surface area contributed by atoms with Crippen molar-refractivity contribution in [1.82, 2.24) is 4.90 Å². The van der Waals surface area contributed by atoms with Crippen LogP contribution in [-0.2, 0) is 6.61 Å². The summed E-state index contributed by atoms with van der Waals surface area (Å²) in [5.41, 5.74) is 1.87. The number of aliphatic hydroxyl groups excluding tert-OH is 1. The molecule has 176 valence electrons. The summed E-state index contributed by atoms with van der Waals surface area (Å²) in [5.74, 6) is 2.55. The summed E-state index contributed by atoms with van der Waals surface area (Å²) in [6.07, 6.45) is 3.92. The van der Waals surface area contributed by atoms with Gasteiger partial charge in [0.2, 0.25) is 0 Å². The van der Waals surface area contributed by atoms with Gasteiger partial charge in [-0.05, 0) is 79.5 Å². The van der Waals surface area contributed by atoms with Gasteiger partial charge in [0.05, 0.1) is 11.5 Å². The number of fused-ring (bicyclic) bond motifs is 1. The first kappa shape index (κ1) is 22.7. The van der Waals surface area contributed by atoms with Gasteiger partial charge in [-0.2, -0.15) is 0 Å². The van der Waals surface area contributed by atoms with Crippen molar-refractivity contribution in [2.24, 2.45) is 0 Å². The number of nitrogens with zero attached hydrogens (tertiary/aromatic N) is 1. The molecule has 2 N–H and O–H groups in total. The summed E-state index contributed by atoms with van der Waals surface area (Å²) < 4.78 is 13.3.